The van der Waals surface area contributed by atoms with E-state index in [1.807, 2.05) is 9.58 Å². The van der Waals surface area contributed by atoms with E-state index in [2.05, 4.69) is 46.4 Å². The van der Waals surface area contributed by atoms with Crippen molar-refractivity contribution < 1.29 is 33.0 Å². The monoisotopic (exact) mass is 483 g/mol. The minimum atomic E-state index is -5.08. The van der Waals surface area contributed by atoms with Crippen LogP contribution in [0.4, 0.5) is 13.2 Å². The molecule has 1 amide bonds. The molecule has 0 aliphatic carbocycles. The number of carboxylic acids is 1. The number of alkyl halides is 3. The molecule has 2 N–H and O–H groups in total. The van der Waals surface area contributed by atoms with Crippen molar-refractivity contribution in [3.8, 4) is 0 Å². The number of aliphatic carboxylic acids is 1. The molecule has 2 aliphatic rings. The van der Waals surface area contributed by atoms with Crippen LogP contribution in [0.25, 0.3) is 0 Å². The van der Waals surface area contributed by atoms with E-state index in [1.165, 1.54) is 11.1 Å². The number of likely N-dealkylation sites (tertiary alicyclic amines) is 1. The number of rotatable bonds is 4. The molecule has 1 aromatic carbocycles. The topological polar surface area (TPSA) is 112 Å². The van der Waals surface area contributed by atoms with Gasteiger partial charge in [-0.05, 0) is 36.9 Å². The zero-order valence-electron chi connectivity index (χ0n) is 18.8. The van der Waals surface area contributed by atoms with Gasteiger partial charge in [-0.3, -0.25) is 9.69 Å². The van der Waals surface area contributed by atoms with Gasteiger partial charge in [-0.15, -0.1) is 5.10 Å². The quantitative estimate of drug-likeness (QED) is 0.684. The zero-order valence-corrected chi connectivity index (χ0v) is 18.8. The number of aliphatic hydroxyl groups excluding tert-OH is 1. The van der Waals surface area contributed by atoms with Gasteiger partial charge in [-0.25, -0.2) is 9.48 Å². The molecule has 9 nitrogen and oxygen atoms in total. The first-order valence-corrected chi connectivity index (χ1v) is 11.0. The Kier molecular flexibility index (Phi) is 8.26. The van der Waals surface area contributed by atoms with Crippen LogP contribution in [0.3, 0.4) is 0 Å². The van der Waals surface area contributed by atoms with E-state index in [1.54, 1.807) is 6.20 Å². The Bertz CT molecular complexity index is 989. The number of amides is 1. The van der Waals surface area contributed by atoms with E-state index in [-0.39, 0.29) is 24.6 Å². The number of hydrogen-bond donors (Lipinski definition) is 2. The fraction of sp³-hybridized carbons (Fsp3) is 0.545. The molecular formula is C22H28F3N5O4. The molecule has 186 valence electrons. The summed E-state index contributed by atoms with van der Waals surface area (Å²) in [7, 11) is 0. The van der Waals surface area contributed by atoms with Gasteiger partial charge < -0.3 is 15.1 Å². The molecule has 1 fully saturated rings. The Labute approximate surface area is 194 Å². The van der Waals surface area contributed by atoms with Crippen LogP contribution in [0.15, 0.2) is 30.5 Å². The first-order chi connectivity index (χ1) is 16.1. The summed E-state index contributed by atoms with van der Waals surface area (Å²) in [5, 5.41) is 24.3. The molecule has 1 atom stereocenters. The lowest BCUT2D eigenvalue weighted by Gasteiger charge is -2.40. The summed E-state index contributed by atoms with van der Waals surface area (Å²) >= 11 is 0. The second-order valence-corrected chi connectivity index (χ2v) is 8.26. The number of carbonyl (C=O) groups is 2. The Morgan fingerprint density at radius 2 is 1.76 bits per heavy atom. The second kappa shape index (κ2) is 11.0. The van der Waals surface area contributed by atoms with Crippen molar-refractivity contribution in [1.29, 1.82) is 0 Å². The van der Waals surface area contributed by atoms with Crippen molar-refractivity contribution in [2.24, 2.45) is 0 Å². The van der Waals surface area contributed by atoms with Crippen molar-refractivity contribution in [3.63, 3.8) is 0 Å². The number of carbonyl (C=O) groups excluding carboxylic acids is 1. The first kappa shape index (κ1) is 25.6. The van der Waals surface area contributed by atoms with E-state index in [9.17, 15) is 18.0 Å². The molecule has 12 heteroatoms. The van der Waals surface area contributed by atoms with Crippen molar-refractivity contribution >= 4 is 11.9 Å². The van der Waals surface area contributed by atoms with Crippen molar-refractivity contribution in [3.05, 3.63) is 47.3 Å². The fourth-order valence-electron chi connectivity index (χ4n) is 4.28. The molecule has 3 heterocycles. The van der Waals surface area contributed by atoms with Crippen molar-refractivity contribution in [2.45, 2.75) is 57.6 Å². The van der Waals surface area contributed by atoms with Crippen LogP contribution in [-0.2, 0) is 29.2 Å². The van der Waals surface area contributed by atoms with E-state index in [0.29, 0.717) is 5.69 Å². The van der Waals surface area contributed by atoms with Crippen LogP contribution in [0, 0.1) is 0 Å². The van der Waals surface area contributed by atoms with Crippen LogP contribution in [0.5, 0.6) is 0 Å². The molecule has 34 heavy (non-hydrogen) atoms. The number of piperidine rings is 1. The largest absolute Gasteiger partial charge is 0.490 e. The summed E-state index contributed by atoms with van der Waals surface area (Å²) in [5.41, 5.74) is 3.23. The van der Waals surface area contributed by atoms with Crippen LogP contribution in [0.1, 0.15) is 42.6 Å². The molecular weight excluding hydrogens is 455 g/mol. The molecule has 0 spiro atoms. The van der Waals surface area contributed by atoms with E-state index in [4.69, 9.17) is 15.0 Å². The van der Waals surface area contributed by atoms with Gasteiger partial charge in [0.2, 0.25) is 5.91 Å². The third-order valence-electron chi connectivity index (χ3n) is 6.15. The van der Waals surface area contributed by atoms with Gasteiger partial charge in [0, 0.05) is 19.6 Å². The molecule has 1 aromatic heterocycles. The lowest BCUT2D eigenvalue weighted by Crippen LogP contribution is -2.53. The number of fused-ring (bicyclic) bond motifs is 1. The van der Waals surface area contributed by atoms with Crippen LogP contribution >= 0.6 is 0 Å². The first-order valence-electron chi connectivity index (χ1n) is 11.0. The third kappa shape index (κ3) is 6.11. The summed E-state index contributed by atoms with van der Waals surface area (Å²) in [6.45, 7) is 5.25. The Hall–Kier alpha value is -2.99. The summed E-state index contributed by atoms with van der Waals surface area (Å²) in [4.78, 5) is 26.4. The van der Waals surface area contributed by atoms with Gasteiger partial charge in [-0.1, -0.05) is 36.4 Å². The van der Waals surface area contributed by atoms with Gasteiger partial charge in [-0.2, -0.15) is 13.2 Å². The number of aliphatic hydroxyl groups is 1. The summed E-state index contributed by atoms with van der Waals surface area (Å²) < 4.78 is 33.6. The van der Waals surface area contributed by atoms with E-state index in [0.717, 1.165) is 45.4 Å². The lowest BCUT2D eigenvalue weighted by atomic mass is 9.92. The van der Waals surface area contributed by atoms with Crippen molar-refractivity contribution in [1.82, 2.24) is 24.8 Å². The second-order valence-electron chi connectivity index (χ2n) is 8.26. The number of benzene rings is 1. The Balaban J connectivity index is 0.000000406. The third-order valence-corrected chi connectivity index (χ3v) is 6.15. The molecule has 0 radical (unpaired) electrons. The lowest BCUT2D eigenvalue weighted by molar-refractivity contribution is -0.192. The average Bonchev–Trinajstić information content (AvgIpc) is 3.32. The standard InChI is InChI=1S/C20H27N5O2.C2HF3O2/c1-2-23-12-16-6-4-3-5-15(16)11-19(23)20(27)24-9-7-18(8-10-24)25-13-17(14-26)21-22-25;3-2(4,5)1(6)7/h3-6,13,18-19,26H,2,7-12,14H2,1H3;(H,6,7). The minimum Gasteiger partial charge on any atom is -0.475 e. The molecule has 4 rings (SSSR count). The van der Waals surface area contributed by atoms with E-state index < -0.39 is 12.1 Å². The van der Waals surface area contributed by atoms with Crippen LogP contribution in [-0.4, -0.2) is 78.7 Å². The Morgan fingerprint density at radius 1 is 1.15 bits per heavy atom. The maximum absolute atomic E-state index is 13.2. The molecule has 2 aliphatic heterocycles. The average molecular weight is 483 g/mol. The molecule has 0 bridgehead atoms. The van der Waals surface area contributed by atoms with Gasteiger partial charge in [0.15, 0.2) is 0 Å². The van der Waals surface area contributed by atoms with Gasteiger partial charge >= 0.3 is 12.1 Å². The summed E-state index contributed by atoms with van der Waals surface area (Å²) in [6, 6.07) is 8.64. The highest BCUT2D eigenvalue weighted by atomic mass is 19.4. The van der Waals surface area contributed by atoms with Gasteiger partial charge in [0.1, 0.15) is 5.69 Å². The minimum absolute atomic E-state index is 0.0613. The smallest absolute Gasteiger partial charge is 0.475 e. The molecule has 2 aromatic rings. The number of hydrogen-bond acceptors (Lipinski definition) is 6. The molecule has 0 saturated carbocycles. The number of likely N-dealkylation sites (N-methyl/N-ethyl adjacent to an activating group) is 1. The number of halogens is 3. The SMILES string of the molecule is CCN1Cc2ccccc2CC1C(=O)N1CCC(n2cc(CO)nn2)CC1.O=C(O)C(F)(F)F. The normalized spacial score (nSPS) is 19.2. The Morgan fingerprint density at radius 3 is 2.29 bits per heavy atom. The van der Waals surface area contributed by atoms with E-state index >= 15 is 0 Å². The number of nitrogens with zero attached hydrogens (tertiary/aromatic N) is 5. The maximum Gasteiger partial charge on any atom is 0.490 e. The van der Waals surface area contributed by atoms with Crippen LogP contribution in [0.2, 0.25) is 0 Å². The highest BCUT2D eigenvalue weighted by Gasteiger charge is 2.38. The number of aromatic nitrogens is 3. The maximum atomic E-state index is 13.2. The highest BCUT2D eigenvalue weighted by Crippen LogP contribution is 2.27. The van der Waals surface area contributed by atoms with Gasteiger partial charge in [0.05, 0.1) is 24.9 Å². The number of carboxylic acid groups (broad SMARTS) is 1. The van der Waals surface area contributed by atoms with Gasteiger partial charge in [0.25, 0.3) is 0 Å². The zero-order chi connectivity index (χ0) is 24.9. The van der Waals surface area contributed by atoms with Crippen molar-refractivity contribution in [2.75, 3.05) is 19.6 Å². The van der Waals surface area contributed by atoms with Crippen LogP contribution < -0.4 is 0 Å². The fourth-order valence-corrected chi connectivity index (χ4v) is 4.28. The molecule has 1 saturated heterocycles. The summed E-state index contributed by atoms with van der Waals surface area (Å²) in [6.07, 6.45) is -0.741. The predicted octanol–water partition coefficient (Wildman–Crippen LogP) is 2.01. The predicted molar refractivity (Wildman–Crippen MR) is 115 cm³/mol. The highest BCUT2D eigenvalue weighted by molar-refractivity contribution is 5.82. The summed E-state index contributed by atoms with van der Waals surface area (Å²) in [5.74, 6) is -2.51. The molecule has 1 unspecified atom stereocenters.